The van der Waals surface area contributed by atoms with Gasteiger partial charge in [0.25, 0.3) is 0 Å². The van der Waals surface area contributed by atoms with E-state index in [0.29, 0.717) is 18.1 Å². The highest BCUT2D eigenvalue weighted by Crippen LogP contribution is 2.34. The van der Waals surface area contributed by atoms with Gasteiger partial charge in [0.1, 0.15) is 9.90 Å². The van der Waals surface area contributed by atoms with Gasteiger partial charge in [0, 0.05) is 19.3 Å². The normalized spacial score (nSPS) is 17.0. The second-order valence-electron chi connectivity index (χ2n) is 3.75. The molecule has 1 aromatic heterocycles. The zero-order chi connectivity index (χ0) is 12.6. The van der Waals surface area contributed by atoms with Crippen molar-refractivity contribution < 1.29 is 13.2 Å². The summed E-state index contributed by atoms with van der Waals surface area (Å²) in [5.41, 5.74) is 5.56. The van der Waals surface area contributed by atoms with Crippen molar-refractivity contribution >= 4 is 38.1 Å². The van der Waals surface area contributed by atoms with Crippen molar-refractivity contribution in [2.75, 3.05) is 36.5 Å². The molecule has 0 atom stereocenters. The Kier molecular flexibility index (Phi) is 2.96. The van der Waals surface area contributed by atoms with Crippen LogP contribution < -0.4 is 16.0 Å². The lowest BCUT2D eigenvalue weighted by Gasteiger charge is -2.27. The number of anilines is 2. The molecule has 0 aliphatic carbocycles. The standard InChI is InChI=1S/C8H12N4O3S2/c1-17(14,15)6-7(9)11-16-8(6)12-3-2-10-5(13)4-12/h2-4H2,1H3,(H2,9,11)(H,10,13). The van der Waals surface area contributed by atoms with Gasteiger partial charge in [0.05, 0.1) is 6.54 Å². The van der Waals surface area contributed by atoms with Crippen molar-refractivity contribution in [2.45, 2.75) is 4.90 Å². The Morgan fingerprint density at radius 2 is 2.24 bits per heavy atom. The lowest BCUT2D eigenvalue weighted by Crippen LogP contribution is -2.47. The first kappa shape index (κ1) is 12.1. The Morgan fingerprint density at radius 3 is 2.82 bits per heavy atom. The molecular formula is C8H12N4O3S2. The quantitative estimate of drug-likeness (QED) is 0.722. The Morgan fingerprint density at radius 1 is 1.53 bits per heavy atom. The van der Waals surface area contributed by atoms with E-state index in [9.17, 15) is 13.2 Å². The minimum atomic E-state index is -3.44. The number of nitrogens with two attached hydrogens (primary N) is 1. The summed E-state index contributed by atoms with van der Waals surface area (Å²) in [6.45, 7) is 1.17. The minimum absolute atomic E-state index is 0.00141. The Hall–Kier alpha value is -1.35. The molecule has 1 saturated heterocycles. The van der Waals surface area contributed by atoms with Gasteiger partial charge in [0.2, 0.25) is 5.91 Å². The predicted octanol–water partition coefficient (Wildman–Crippen LogP) is -0.935. The van der Waals surface area contributed by atoms with E-state index in [1.165, 1.54) is 0 Å². The summed E-state index contributed by atoms with van der Waals surface area (Å²) in [6.07, 6.45) is 1.08. The molecular weight excluding hydrogens is 264 g/mol. The first-order valence-corrected chi connectivity index (χ1v) is 7.53. The summed E-state index contributed by atoms with van der Waals surface area (Å²) < 4.78 is 27.1. The fraction of sp³-hybridized carbons (Fsp3) is 0.500. The van der Waals surface area contributed by atoms with E-state index in [1.54, 1.807) is 4.90 Å². The fourth-order valence-electron chi connectivity index (χ4n) is 1.65. The molecule has 0 saturated carbocycles. The van der Waals surface area contributed by atoms with Crippen LogP contribution in [0.4, 0.5) is 10.8 Å². The molecule has 0 radical (unpaired) electrons. The van der Waals surface area contributed by atoms with Crippen LogP contribution in [0.2, 0.25) is 0 Å². The summed E-state index contributed by atoms with van der Waals surface area (Å²) >= 11 is 1.00. The molecule has 1 amide bonds. The molecule has 0 aromatic carbocycles. The number of sulfone groups is 1. The van der Waals surface area contributed by atoms with Gasteiger partial charge < -0.3 is 16.0 Å². The number of amides is 1. The number of carbonyl (C=O) groups is 1. The summed E-state index contributed by atoms with van der Waals surface area (Å²) in [7, 11) is -3.44. The Labute approximate surface area is 103 Å². The summed E-state index contributed by atoms with van der Waals surface area (Å²) in [6, 6.07) is 0. The fourth-order valence-corrected chi connectivity index (χ4v) is 3.88. The van der Waals surface area contributed by atoms with Gasteiger partial charge in [0.15, 0.2) is 15.7 Å². The molecule has 2 heterocycles. The maximum Gasteiger partial charge on any atom is 0.239 e. The van der Waals surface area contributed by atoms with Gasteiger partial charge in [-0.3, -0.25) is 4.79 Å². The molecule has 1 aliphatic heterocycles. The molecule has 0 spiro atoms. The molecule has 0 bridgehead atoms. The molecule has 1 aromatic rings. The second-order valence-corrected chi connectivity index (χ2v) is 6.45. The van der Waals surface area contributed by atoms with Crippen molar-refractivity contribution in [1.29, 1.82) is 0 Å². The molecule has 7 nitrogen and oxygen atoms in total. The molecule has 3 N–H and O–H groups in total. The zero-order valence-electron chi connectivity index (χ0n) is 9.13. The van der Waals surface area contributed by atoms with E-state index in [1.807, 2.05) is 0 Å². The van der Waals surface area contributed by atoms with Gasteiger partial charge in [-0.25, -0.2) is 8.42 Å². The Balaban J connectivity index is 2.43. The van der Waals surface area contributed by atoms with Crippen LogP contribution in [0.15, 0.2) is 4.90 Å². The first-order chi connectivity index (χ1) is 7.89. The van der Waals surface area contributed by atoms with Crippen molar-refractivity contribution in [3.05, 3.63) is 0 Å². The van der Waals surface area contributed by atoms with Crippen LogP contribution in [-0.2, 0) is 14.6 Å². The van der Waals surface area contributed by atoms with Gasteiger partial charge >= 0.3 is 0 Å². The third-order valence-corrected chi connectivity index (χ3v) is 4.55. The zero-order valence-corrected chi connectivity index (χ0v) is 10.8. The number of rotatable bonds is 2. The number of nitrogen functional groups attached to an aromatic ring is 1. The van der Waals surface area contributed by atoms with Gasteiger partial charge in [-0.1, -0.05) is 0 Å². The van der Waals surface area contributed by atoms with Gasteiger partial charge in [-0.05, 0) is 11.5 Å². The van der Waals surface area contributed by atoms with Crippen molar-refractivity contribution in [3.8, 4) is 0 Å². The van der Waals surface area contributed by atoms with E-state index in [-0.39, 0.29) is 23.2 Å². The topological polar surface area (TPSA) is 105 Å². The minimum Gasteiger partial charge on any atom is -0.382 e. The van der Waals surface area contributed by atoms with Crippen LogP contribution in [0.1, 0.15) is 0 Å². The summed E-state index contributed by atoms with van der Waals surface area (Å²) in [5.74, 6) is -0.138. The van der Waals surface area contributed by atoms with Crippen LogP contribution in [0.5, 0.6) is 0 Å². The van der Waals surface area contributed by atoms with Gasteiger partial charge in [-0.2, -0.15) is 4.37 Å². The van der Waals surface area contributed by atoms with Crippen molar-refractivity contribution in [2.24, 2.45) is 0 Å². The highest BCUT2D eigenvalue weighted by Gasteiger charge is 2.27. The third-order valence-electron chi connectivity index (χ3n) is 2.35. The van der Waals surface area contributed by atoms with Gasteiger partial charge in [-0.15, -0.1) is 0 Å². The van der Waals surface area contributed by atoms with Crippen LogP contribution >= 0.6 is 11.5 Å². The lowest BCUT2D eigenvalue weighted by atomic mass is 10.3. The molecule has 17 heavy (non-hydrogen) atoms. The largest absolute Gasteiger partial charge is 0.382 e. The van der Waals surface area contributed by atoms with Crippen LogP contribution in [0.25, 0.3) is 0 Å². The van der Waals surface area contributed by atoms with E-state index in [0.717, 1.165) is 17.8 Å². The highest BCUT2D eigenvalue weighted by atomic mass is 32.2. The van der Waals surface area contributed by atoms with E-state index >= 15 is 0 Å². The third kappa shape index (κ3) is 2.34. The maximum atomic E-state index is 11.6. The van der Waals surface area contributed by atoms with Crippen LogP contribution in [0, 0.1) is 0 Å². The average molecular weight is 276 g/mol. The molecule has 9 heteroatoms. The summed E-state index contributed by atoms with van der Waals surface area (Å²) in [4.78, 5) is 13.0. The predicted molar refractivity (Wildman–Crippen MR) is 64.9 cm³/mol. The smallest absolute Gasteiger partial charge is 0.239 e. The number of nitrogens with one attached hydrogen (secondary N) is 1. The summed E-state index contributed by atoms with van der Waals surface area (Å²) in [5, 5.41) is 3.11. The van der Waals surface area contributed by atoms with E-state index in [2.05, 4.69) is 9.69 Å². The molecule has 94 valence electrons. The highest BCUT2D eigenvalue weighted by molar-refractivity contribution is 7.91. The number of hydrogen-bond acceptors (Lipinski definition) is 7. The number of hydrogen-bond donors (Lipinski definition) is 2. The number of piperazine rings is 1. The van der Waals surface area contributed by atoms with E-state index < -0.39 is 9.84 Å². The average Bonchev–Trinajstić information content (AvgIpc) is 2.59. The van der Waals surface area contributed by atoms with E-state index in [4.69, 9.17) is 5.73 Å². The SMILES string of the molecule is CS(=O)(=O)c1c(N)nsc1N1CCNC(=O)C1. The van der Waals surface area contributed by atoms with Crippen molar-refractivity contribution in [3.63, 3.8) is 0 Å². The first-order valence-electron chi connectivity index (χ1n) is 4.86. The lowest BCUT2D eigenvalue weighted by molar-refractivity contribution is -0.120. The number of carbonyl (C=O) groups excluding carboxylic acids is 1. The Bertz CT molecular complexity index is 551. The molecule has 0 unspecified atom stereocenters. The molecule has 2 rings (SSSR count). The van der Waals surface area contributed by atoms with Crippen LogP contribution in [-0.4, -0.2) is 44.6 Å². The van der Waals surface area contributed by atoms with Crippen LogP contribution in [0.3, 0.4) is 0 Å². The number of aromatic nitrogens is 1. The van der Waals surface area contributed by atoms with Crippen molar-refractivity contribution in [1.82, 2.24) is 9.69 Å². The molecule has 1 aliphatic rings. The molecule has 1 fully saturated rings. The maximum absolute atomic E-state index is 11.6. The second kappa shape index (κ2) is 4.15. The number of nitrogens with zero attached hydrogens (tertiary/aromatic N) is 2. The monoisotopic (exact) mass is 276 g/mol.